The van der Waals surface area contributed by atoms with E-state index in [0.29, 0.717) is 17.6 Å². The number of thioether (sulfide) groups is 1. The number of ether oxygens (including phenoxy) is 1. The number of nitrogens with zero attached hydrogens (tertiary/aromatic N) is 3. The minimum Gasteiger partial charge on any atom is -0.481 e. The third-order valence-electron chi connectivity index (χ3n) is 2.53. The largest absolute Gasteiger partial charge is 0.481 e. The fraction of sp³-hybridized carbons (Fsp3) is 0.231. The molecule has 2 heterocycles. The van der Waals surface area contributed by atoms with Crippen molar-refractivity contribution < 1.29 is 14.6 Å². The van der Waals surface area contributed by atoms with E-state index in [1.165, 1.54) is 13.2 Å². The van der Waals surface area contributed by atoms with Crippen LogP contribution in [0.1, 0.15) is 5.56 Å². The molecule has 0 radical (unpaired) electrons. The van der Waals surface area contributed by atoms with Gasteiger partial charge in [0.1, 0.15) is 0 Å². The fourth-order valence-electron chi connectivity index (χ4n) is 1.60. The van der Waals surface area contributed by atoms with E-state index in [2.05, 4.69) is 9.97 Å². The minimum atomic E-state index is -0.962. The highest BCUT2D eigenvalue weighted by Crippen LogP contribution is 2.15. The van der Waals surface area contributed by atoms with Gasteiger partial charge >= 0.3 is 5.97 Å². The molecule has 1 N–H and O–H groups in total. The van der Waals surface area contributed by atoms with Gasteiger partial charge in [-0.25, -0.2) is 4.98 Å². The molecule has 0 saturated heterocycles. The molecule has 0 aliphatic heterocycles. The van der Waals surface area contributed by atoms with Gasteiger partial charge in [-0.05, 0) is 5.56 Å². The van der Waals surface area contributed by atoms with Crippen LogP contribution in [0.3, 0.4) is 0 Å². The number of rotatable bonds is 6. The average Bonchev–Trinajstić information content (AvgIpc) is 2.48. The standard InChI is InChI=1S/C13H13N3O4S/c1-20-11-3-2-9(6-14-11)7-16-5-4-10(17)15-13(16)21-8-12(18)19/h2-6H,7-8H2,1H3,(H,18,19). The second-order valence-electron chi connectivity index (χ2n) is 4.07. The van der Waals surface area contributed by atoms with Gasteiger partial charge in [-0.1, -0.05) is 17.8 Å². The summed E-state index contributed by atoms with van der Waals surface area (Å²) in [6.07, 6.45) is 3.24. The molecule has 0 saturated carbocycles. The van der Waals surface area contributed by atoms with Gasteiger partial charge in [0.15, 0.2) is 5.16 Å². The first-order valence-electron chi connectivity index (χ1n) is 5.99. The quantitative estimate of drug-likeness (QED) is 0.625. The molecule has 21 heavy (non-hydrogen) atoms. The molecule has 8 heteroatoms. The molecule has 2 aromatic heterocycles. The highest BCUT2D eigenvalue weighted by Gasteiger charge is 2.08. The molecule has 0 aliphatic rings. The van der Waals surface area contributed by atoms with Crippen molar-refractivity contribution >= 4 is 17.7 Å². The molecule has 110 valence electrons. The van der Waals surface area contributed by atoms with Gasteiger partial charge in [-0.2, -0.15) is 4.98 Å². The number of carboxylic acid groups (broad SMARTS) is 1. The van der Waals surface area contributed by atoms with Crippen LogP contribution in [0.4, 0.5) is 0 Å². The number of pyridine rings is 1. The Labute approximate surface area is 124 Å². The SMILES string of the molecule is COc1ccc(Cn2ccc(=O)nc2SCC(=O)O)cn1. The number of hydrogen-bond acceptors (Lipinski definition) is 6. The summed E-state index contributed by atoms with van der Waals surface area (Å²) in [5.74, 6) is -0.606. The lowest BCUT2D eigenvalue weighted by molar-refractivity contribution is -0.133. The molecule has 7 nitrogen and oxygen atoms in total. The van der Waals surface area contributed by atoms with E-state index >= 15 is 0 Å². The maximum Gasteiger partial charge on any atom is 0.313 e. The Bertz CT molecular complexity index is 685. The van der Waals surface area contributed by atoms with Crippen LogP contribution < -0.4 is 10.3 Å². The fourth-order valence-corrected chi connectivity index (χ4v) is 2.30. The van der Waals surface area contributed by atoms with Crippen molar-refractivity contribution in [3.8, 4) is 5.88 Å². The summed E-state index contributed by atoms with van der Waals surface area (Å²) < 4.78 is 6.69. The number of hydrogen-bond donors (Lipinski definition) is 1. The van der Waals surface area contributed by atoms with E-state index < -0.39 is 11.5 Å². The molecular weight excluding hydrogens is 294 g/mol. The summed E-state index contributed by atoms with van der Waals surface area (Å²) in [4.78, 5) is 29.9. The van der Waals surface area contributed by atoms with Gasteiger partial charge < -0.3 is 14.4 Å². The van der Waals surface area contributed by atoms with E-state index in [1.54, 1.807) is 23.0 Å². The molecule has 0 bridgehead atoms. The third kappa shape index (κ3) is 4.32. The van der Waals surface area contributed by atoms with Crippen LogP contribution in [-0.4, -0.2) is 38.5 Å². The van der Waals surface area contributed by atoms with Crippen LogP contribution in [0, 0.1) is 0 Å². The monoisotopic (exact) mass is 307 g/mol. The van der Waals surface area contributed by atoms with E-state index in [9.17, 15) is 9.59 Å². The average molecular weight is 307 g/mol. The van der Waals surface area contributed by atoms with E-state index in [4.69, 9.17) is 9.84 Å². The maximum absolute atomic E-state index is 11.3. The van der Waals surface area contributed by atoms with E-state index in [1.807, 2.05) is 6.07 Å². The second-order valence-corrected chi connectivity index (χ2v) is 5.01. The number of carboxylic acids is 1. The Hall–Kier alpha value is -2.35. The smallest absolute Gasteiger partial charge is 0.313 e. The van der Waals surface area contributed by atoms with Crippen molar-refractivity contribution in [1.82, 2.24) is 14.5 Å². The Morgan fingerprint density at radius 3 is 2.86 bits per heavy atom. The van der Waals surface area contributed by atoms with Crippen molar-refractivity contribution in [3.63, 3.8) is 0 Å². The van der Waals surface area contributed by atoms with Gasteiger partial charge in [0.2, 0.25) is 5.88 Å². The molecule has 0 atom stereocenters. The molecule has 2 rings (SSSR count). The zero-order valence-electron chi connectivity index (χ0n) is 11.2. The van der Waals surface area contributed by atoms with Crippen molar-refractivity contribution in [2.24, 2.45) is 0 Å². The minimum absolute atomic E-state index is 0.155. The van der Waals surface area contributed by atoms with Crippen LogP contribution in [0.25, 0.3) is 0 Å². The van der Waals surface area contributed by atoms with Gasteiger partial charge in [0.25, 0.3) is 5.56 Å². The molecule has 2 aromatic rings. The summed E-state index contributed by atoms with van der Waals surface area (Å²) in [5, 5.41) is 9.08. The molecule has 0 spiro atoms. The lowest BCUT2D eigenvalue weighted by Crippen LogP contribution is -2.15. The highest BCUT2D eigenvalue weighted by atomic mass is 32.2. The summed E-state index contributed by atoms with van der Waals surface area (Å²) in [6, 6.07) is 4.91. The Balaban J connectivity index is 2.21. The van der Waals surface area contributed by atoms with Crippen molar-refractivity contribution in [2.75, 3.05) is 12.9 Å². The molecular formula is C13H13N3O4S. The zero-order valence-corrected chi connectivity index (χ0v) is 12.0. The first-order chi connectivity index (χ1) is 10.1. The molecule has 0 fully saturated rings. The predicted octanol–water partition coefficient (Wildman–Crippen LogP) is 0.872. The Morgan fingerprint density at radius 2 is 2.24 bits per heavy atom. The van der Waals surface area contributed by atoms with Crippen LogP contribution in [-0.2, 0) is 11.3 Å². The normalized spacial score (nSPS) is 10.3. The first kappa shape index (κ1) is 15.0. The van der Waals surface area contributed by atoms with Crippen molar-refractivity contribution in [3.05, 3.63) is 46.5 Å². The number of carbonyl (C=O) groups is 1. The summed E-state index contributed by atoms with van der Waals surface area (Å²) in [7, 11) is 1.54. The Kier molecular flexibility index (Phi) is 4.94. The third-order valence-corrected chi connectivity index (χ3v) is 3.51. The Morgan fingerprint density at radius 1 is 1.43 bits per heavy atom. The molecule has 0 amide bonds. The van der Waals surface area contributed by atoms with Crippen LogP contribution in [0.5, 0.6) is 5.88 Å². The highest BCUT2D eigenvalue weighted by molar-refractivity contribution is 7.99. The topological polar surface area (TPSA) is 94.3 Å². The lowest BCUT2D eigenvalue weighted by Gasteiger charge is -2.11. The number of methoxy groups -OCH3 is 1. The van der Waals surface area contributed by atoms with Crippen LogP contribution in [0.15, 0.2) is 40.5 Å². The first-order valence-corrected chi connectivity index (χ1v) is 6.98. The zero-order chi connectivity index (χ0) is 15.2. The van der Waals surface area contributed by atoms with E-state index in [0.717, 1.165) is 17.3 Å². The second kappa shape index (κ2) is 6.89. The maximum atomic E-state index is 11.3. The predicted molar refractivity (Wildman–Crippen MR) is 76.7 cm³/mol. The summed E-state index contributed by atoms with van der Waals surface area (Å²) in [6.45, 7) is 0.437. The van der Waals surface area contributed by atoms with Crippen molar-refractivity contribution in [2.45, 2.75) is 11.7 Å². The van der Waals surface area contributed by atoms with Gasteiger partial charge in [0.05, 0.1) is 19.4 Å². The van der Waals surface area contributed by atoms with Gasteiger partial charge in [0, 0.05) is 24.5 Å². The molecule has 0 aromatic carbocycles. The molecule has 0 aliphatic carbocycles. The number of aliphatic carboxylic acids is 1. The molecule has 0 unspecified atom stereocenters. The van der Waals surface area contributed by atoms with Gasteiger partial charge in [-0.15, -0.1) is 0 Å². The summed E-state index contributed by atoms with van der Waals surface area (Å²) in [5.41, 5.74) is 0.491. The van der Waals surface area contributed by atoms with Crippen molar-refractivity contribution in [1.29, 1.82) is 0 Å². The number of aromatic nitrogens is 3. The lowest BCUT2D eigenvalue weighted by atomic mass is 10.3. The van der Waals surface area contributed by atoms with E-state index in [-0.39, 0.29) is 5.75 Å². The van der Waals surface area contributed by atoms with Gasteiger partial charge in [-0.3, -0.25) is 9.59 Å². The summed E-state index contributed by atoms with van der Waals surface area (Å²) >= 11 is 1.00. The van der Waals surface area contributed by atoms with Crippen LogP contribution in [0.2, 0.25) is 0 Å². The van der Waals surface area contributed by atoms with Crippen LogP contribution >= 0.6 is 11.8 Å².